The second kappa shape index (κ2) is 8.82. The van der Waals surface area contributed by atoms with Crippen molar-refractivity contribution < 1.29 is 31.2 Å². The van der Waals surface area contributed by atoms with E-state index in [1.54, 1.807) is 19.2 Å². The van der Waals surface area contributed by atoms with Gasteiger partial charge in [0.15, 0.2) is 10.9 Å². The van der Waals surface area contributed by atoms with Crippen LogP contribution in [-0.4, -0.2) is 31.0 Å². The first-order valence-corrected chi connectivity index (χ1v) is 8.47. The van der Waals surface area contributed by atoms with Gasteiger partial charge in [-0.2, -0.15) is 0 Å². The first kappa shape index (κ1) is 19.2. The average molecular weight is 422 g/mol. The van der Waals surface area contributed by atoms with Crippen LogP contribution in [0.3, 0.4) is 0 Å². The number of rotatable bonds is 7. The van der Waals surface area contributed by atoms with Crippen molar-refractivity contribution in [2.24, 2.45) is 0 Å². The SMILES string of the molecule is CCOc1ccccc1C(=O)CNc1nc2c(OC)cccc2s1.[Br-]. The molecule has 1 heterocycles. The van der Waals surface area contributed by atoms with Gasteiger partial charge in [-0.15, -0.1) is 0 Å². The van der Waals surface area contributed by atoms with Crippen LogP contribution in [-0.2, 0) is 0 Å². The van der Waals surface area contributed by atoms with Crippen LogP contribution in [0.25, 0.3) is 10.2 Å². The van der Waals surface area contributed by atoms with Gasteiger partial charge in [0.1, 0.15) is 17.0 Å². The molecule has 0 spiro atoms. The fourth-order valence-electron chi connectivity index (χ4n) is 2.39. The zero-order chi connectivity index (χ0) is 16.9. The summed E-state index contributed by atoms with van der Waals surface area (Å²) in [7, 11) is 1.62. The molecule has 3 rings (SSSR count). The van der Waals surface area contributed by atoms with Crippen LogP contribution in [0.4, 0.5) is 5.13 Å². The lowest BCUT2D eigenvalue weighted by Gasteiger charge is -2.09. The summed E-state index contributed by atoms with van der Waals surface area (Å²) >= 11 is 1.49. The van der Waals surface area contributed by atoms with Gasteiger partial charge in [-0.05, 0) is 31.2 Å². The number of carbonyl (C=O) groups is 1. The van der Waals surface area contributed by atoms with Gasteiger partial charge < -0.3 is 31.8 Å². The van der Waals surface area contributed by atoms with Gasteiger partial charge in [-0.1, -0.05) is 29.5 Å². The van der Waals surface area contributed by atoms with E-state index < -0.39 is 0 Å². The predicted octanol–water partition coefficient (Wildman–Crippen LogP) is 1.00. The number of fused-ring (bicyclic) bond motifs is 1. The highest BCUT2D eigenvalue weighted by Gasteiger charge is 2.13. The van der Waals surface area contributed by atoms with Gasteiger partial charge >= 0.3 is 0 Å². The monoisotopic (exact) mass is 421 g/mol. The number of halogens is 1. The Morgan fingerprint density at radius 3 is 2.68 bits per heavy atom. The van der Waals surface area contributed by atoms with Crippen LogP contribution in [0, 0.1) is 0 Å². The third kappa shape index (κ3) is 4.29. The number of hydrogen-bond donors (Lipinski definition) is 1. The number of benzene rings is 2. The third-order valence-electron chi connectivity index (χ3n) is 3.49. The van der Waals surface area contributed by atoms with Crippen molar-refractivity contribution in [3.05, 3.63) is 48.0 Å². The van der Waals surface area contributed by atoms with Crippen molar-refractivity contribution in [3.63, 3.8) is 0 Å². The highest BCUT2D eigenvalue weighted by Crippen LogP contribution is 2.32. The molecule has 0 aliphatic heterocycles. The molecule has 0 saturated heterocycles. The molecule has 0 bridgehead atoms. The molecule has 0 aliphatic carbocycles. The molecule has 2 aromatic carbocycles. The summed E-state index contributed by atoms with van der Waals surface area (Å²) in [6.45, 7) is 2.58. The lowest BCUT2D eigenvalue weighted by atomic mass is 10.1. The lowest BCUT2D eigenvalue weighted by molar-refractivity contribution is -0.0000135. The van der Waals surface area contributed by atoms with E-state index >= 15 is 0 Å². The van der Waals surface area contributed by atoms with Crippen LogP contribution in [0.5, 0.6) is 11.5 Å². The Bertz CT molecular complexity index is 866. The standard InChI is InChI=1S/C18H18N2O3S.BrH/c1-3-23-14-8-5-4-7-12(14)13(21)11-19-18-20-17-15(22-2)9-6-10-16(17)24-18;/h4-10H,3,11H2,1-2H3,(H,19,20);1H/p-1. The summed E-state index contributed by atoms with van der Waals surface area (Å²) in [4.78, 5) is 17.0. The van der Waals surface area contributed by atoms with Crippen LogP contribution in [0.15, 0.2) is 42.5 Å². The van der Waals surface area contributed by atoms with E-state index in [4.69, 9.17) is 9.47 Å². The molecule has 132 valence electrons. The Labute approximate surface area is 160 Å². The highest BCUT2D eigenvalue weighted by atomic mass is 79.9. The summed E-state index contributed by atoms with van der Waals surface area (Å²) in [6, 6.07) is 13.0. The Balaban J connectivity index is 0.00000225. The van der Waals surface area contributed by atoms with Crippen molar-refractivity contribution in [1.29, 1.82) is 0 Å². The molecule has 5 nitrogen and oxygen atoms in total. The van der Waals surface area contributed by atoms with E-state index in [-0.39, 0.29) is 29.3 Å². The molecule has 7 heteroatoms. The van der Waals surface area contributed by atoms with Crippen LogP contribution >= 0.6 is 11.3 Å². The minimum Gasteiger partial charge on any atom is -1.00 e. The molecule has 1 N–H and O–H groups in total. The van der Waals surface area contributed by atoms with Gasteiger partial charge in [-0.25, -0.2) is 4.98 Å². The van der Waals surface area contributed by atoms with Crippen molar-refractivity contribution in [3.8, 4) is 11.5 Å². The molecule has 0 aliphatic rings. The van der Waals surface area contributed by atoms with Gasteiger partial charge in [0.25, 0.3) is 0 Å². The number of hydrogen-bond acceptors (Lipinski definition) is 6. The number of aromatic nitrogens is 1. The van der Waals surface area contributed by atoms with Gasteiger partial charge in [-0.3, -0.25) is 4.79 Å². The van der Waals surface area contributed by atoms with Crippen LogP contribution in [0.1, 0.15) is 17.3 Å². The average Bonchev–Trinajstić information content (AvgIpc) is 3.03. The van der Waals surface area contributed by atoms with E-state index in [1.807, 2.05) is 37.3 Å². The number of methoxy groups -OCH3 is 1. The summed E-state index contributed by atoms with van der Waals surface area (Å²) in [5, 5.41) is 3.79. The van der Waals surface area contributed by atoms with Crippen molar-refractivity contribution in [2.45, 2.75) is 6.92 Å². The molecule has 0 atom stereocenters. The minimum atomic E-state index is -0.0368. The molecule has 0 fully saturated rings. The molecule has 1 aromatic heterocycles. The topological polar surface area (TPSA) is 60.5 Å². The number of ether oxygens (including phenoxy) is 2. The van der Waals surface area contributed by atoms with Crippen molar-refractivity contribution in [1.82, 2.24) is 4.98 Å². The molecule has 25 heavy (non-hydrogen) atoms. The molecule has 0 radical (unpaired) electrons. The predicted molar refractivity (Wildman–Crippen MR) is 96.6 cm³/mol. The fraction of sp³-hybridized carbons (Fsp3) is 0.222. The van der Waals surface area contributed by atoms with Crippen LogP contribution in [0.2, 0.25) is 0 Å². The number of thiazole rings is 1. The highest BCUT2D eigenvalue weighted by molar-refractivity contribution is 7.22. The Kier molecular flexibility index (Phi) is 6.78. The van der Waals surface area contributed by atoms with E-state index in [1.165, 1.54) is 11.3 Å². The summed E-state index contributed by atoms with van der Waals surface area (Å²) in [6.07, 6.45) is 0. The molecule has 0 saturated carbocycles. The Hall–Kier alpha value is -2.12. The van der Waals surface area contributed by atoms with E-state index in [2.05, 4.69) is 10.3 Å². The number of carbonyl (C=O) groups excluding carboxylic acids is 1. The number of nitrogens with one attached hydrogen (secondary N) is 1. The van der Waals surface area contributed by atoms with Gasteiger partial charge in [0.2, 0.25) is 0 Å². The normalized spacial score (nSPS) is 10.2. The second-order valence-electron chi connectivity index (χ2n) is 5.03. The molecular weight excluding hydrogens is 404 g/mol. The molecule has 3 aromatic rings. The molecule has 0 unspecified atom stereocenters. The maximum Gasteiger partial charge on any atom is 0.185 e. The quantitative estimate of drug-likeness (QED) is 0.576. The summed E-state index contributed by atoms with van der Waals surface area (Å²) in [5.74, 6) is 1.30. The number of nitrogens with zero attached hydrogens (tertiary/aromatic N) is 1. The van der Waals surface area contributed by atoms with Crippen LogP contribution < -0.4 is 31.8 Å². The largest absolute Gasteiger partial charge is 1.00 e. The first-order valence-electron chi connectivity index (χ1n) is 7.65. The Morgan fingerprint density at radius 1 is 1.16 bits per heavy atom. The smallest absolute Gasteiger partial charge is 0.185 e. The number of para-hydroxylation sites is 2. The molecular formula is C18H18BrN2O3S-. The summed E-state index contributed by atoms with van der Waals surface area (Å²) < 4.78 is 11.8. The van der Waals surface area contributed by atoms with E-state index in [9.17, 15) is 4.79 Å². The van der Waals surface area contributed by atoms with Gasteiger partial charge in [0.05, 0.1) is 30.5 Å². The number of anilines is 1. The van der Waals surface area contributed by atoms with E-state index in [0.29, 0.717) is 23.1 Å². The zero-order valence-electron chi connectivity index (χ0n) is 13.9. The first-order chi connectivity index (χ1) is 11.7. The Morgan fingerprint density at radius 2 is 1.92 bits per heavy atom. The van der Waals surface area contributed by atoms with Gasteiger partial charge in [0, 0.05) is 0 Å². The maximum absolute atomic E-state index is 12.5. The van der Waals surface area contributed by atoms with Crippen molar-refractivity contribution >= 4 is 32.5 Å². The third-order valence-corrected chi connectivity index (χ3v) is 4.47. The maximum atomic E-state index is 12.5. The number of ketones is 1. The summed E-state index contributed by atoms with van der Waals surface area (Å²) in [5.41, 5.74) is 1.38. The fourth-order valence-corrected chi connectivity index (χ4v) is 3.27. The number of Topliss-reactive ketones (excluding diaryl/α,β-unsaturated/α-hetero) is 1. The lowest BCUT2D eigenvalue weighted by Crippen LogP contribution is -3.00. The van der Waals surface area contributed by atoms with Crippen molar-refractivity contribution in [2.75, 3.05) is 25.6 Å². The zero-order valence-corrected chi connectivity index (χ0v) is 16.3. The molecule has 0 amide bonds. The van der Waals surface area contributed by atoms with E-state index in [0.717, 1.165) is 16.0 Å². The minimum absolute atomic E-state index is 0. The second-order valence-corrected chi connectivity index (χ2v) is 6.06.